The van der Waals surface area contributed by atoms with E-state index in [2.05, 4.69) is 33.7 Å². The van der Waals surface area contributed by atoms with Crippen LogP contribution in [0.4, 0.5) is 0 Å². The molecule has 1 aliphatic rings. The van der Waals surface area contributed by atoms with Gasteiger partial charge < -0.3 is 25.0 Å². The van der Waals surface area contributed by atoms with Gasteiger partial charge in [-0.2, -0.15) is 0 Å². The molecule has 0 amide bonds. The fourth-order valence-corrected chi connectivity index (χ4v) is 2.90. The summed E-state index contributed by atoms with van der Waals surface area (Å²) < 4.78 is 7.10. The summed E-state index contributed by atoms with van der Waals surface area (Å²) in [5, 5.41) is 29.4. The monoisotopic (exact) mass is 349 g/mol. The van der Waals surface area contributed by atoms with E-state index in [0.717, 1.165) is 13.1 Å². The summed E-state index contributed by atoms with van der Waals surface area (Å²) in [7, 11) is 0. The summed E-state index contributed by atoms with van der Waals surface area (Å²) >= 11 is 0. The first-order valence-corrected chi connectivity index (χ1v) is 8.32. The number of ether oxygens (including phenoxy) is 1. The highest BCUT2D eigenvalue weighted by Gasteiger charge is 2.43. The van der Waals surface area contributed by atoms with Crippen molar-refractivity contribution in [2.45, 2.75) is 38.4 Å². The maximum atomic E-state index is 10.2. The Labute approximate surface area is 145 Å². The number of imidazole rings is 1. The molecule has 1 aliphatic heterocycles. The average molecular weight is 349 g/mol. The first kappa shape index (κ1) is 17.7. The highest BCUT2D eigenvalue weighted by atomic mass is 16.6. The van der Waals surface area contributed by atoms with Crippen molar-refractivity contribution in [2.24, 2.45) is 0 Å². The molecule has 2 aromatic rings. The van der Waals surface area contributed by atoms with Crippen molar-refractivity contribution in [3.63, 3.8) is 0 Å². The summed E-state index contributed by atoms with van der Waals surface area (Å²) in [5.41, 5.74) is 1.72. The van der Waals surface area contributed by atoms with Crippen LogP contribution in [0.5, 0.6) is 0 Å². The molecule has 2 aromatic heterocycles. The van der Waals surface area contributed by atoms with Crippen LogP contribution in [0.2, 0.25) is 0 Å². The van der Waals surface area contributed by atoms with Crippen molar-refractivity contribution in [2.75, 3.05) is 19.7 Å². The van der Waals surface area contributed by atoms with Gasteiger partial charge in [0.1, 0.15) is 30.2 Å². The van der Waals surface area contributed by atoms with Crippen molar-refractivity contribution in [3.8, 4) is 0 Å². The molecule has 1 saturated heterocycles. The number of rotatable bonds is 6. The standard InChI is InChI=1S/C16H23N5O4/c1-3-20(4-2)6-5-10-12-15(18-8-17-10)21(9-19-12)16-14(24)13(23)11(7-22)25-16/h5-6,8-9,11,13-14,16,22-24H,3-4,7H2,1-2H3/b6-5+/t11-,13-,14-,16-/m1/s1. The molecule has 3 heterocycles. The number of hydrogen-bond donors (Lipinski definition) is 3. The van der Waals surface area contributed by atoms with Gasteiger partial charge in [0.25, 0.3) is 0 Å². The zero-order valence-corrected chi connectivity index (χ0v) is 14.2. The smallest absolute Gasteiger partial charge is 0.166 e. The van der Waals surface area contributed by atoms with Crippen LogP contribution < -0.4 is 0 Å². The second-order valence-corrected chi connectivity index (χ2v) is 5.85. The number of aliphatic hydroxyl groups is 3. The van der Waals surface area contributed by atoms with Crippen molar-refractivity contribution in [1.82, 2.24) is 24.4 Å². The predicted molar refractivity (Wildman–Crippen MR) is 90.3 cm³/mol. The highest BCUT2D eigenvalue weighted by molar-refractivity contribution is 5.79. The minimum Gasteiger partial charge on any atom is -0.394 e. The second kappa shape index (κ2) is 7.44. The normalized spacial score (nSPS) is 26.8. The van der Waals surface area contributed by atoms with Crippen LogP contribution in [-0.4, -0.2) is 77.7 Å². The molecule has 25 heavy (non-hydrogen) atoms. The van der Waals surface area contributed by atoms with Gasteiger partial charge >= 0.3 is 0 Å². The first-order valence-electron chi connectivity index (χ1n) is 8.32. The van der Waals surface area contributed by atoms with E-state index in [-0.39, 0.29) is 6.61 Å². The summed E-state index contributed by atoms with van der Waals surface area (Å²) in [5.74, 6) is 0. The van der Waals surface area contributed by atoms with Gasteiger partial charge in [-0.1, -0.05) is 0 Å². The summed E-state index contributed by atoms with van der Waals surface area (Å²) in [4.78, 5) is 14.9. The molecule has 9 nitrogen and oxygen atoms in total. The van der Waals surface area contributed by atoms with Crippen LogP contribution in [-0.2, 0) is 4.74 Å². The molecule has 136 valence electrons. The number of nitrogens with zero attached hydrogens (tertiary/aromatic N) is 5. The molecular formula is C16H23N5O4. The average Bonchev–Trinajstić information content (AvgIpc) is 3.18. The Balaban J connectivity index is 1.94. The molecule has 0 aromatic carbocycles. The number of fused-ring (bicyclic) bond motifs is 1. The lowest BCUT2D eigenvalue weighted by Gasteiger charge is -2.16. The van der Waals surface area contributed by atoms with E-state index in [1.807, 2.05) is 12.3 Å². The van der Waals surface area contributed by atoms with E-state index in [4.69, 9.17) is 4.74 Å². The molecule has 1 fully saturated rings. The van der Waals surface area contributed by atoms with Gasteiger partial charge in [0.2, 0.25) is 0 Å². The summed E-state index contributed by atoms with van der Waals surface area (Å²) in [6.45, 7) is 5.53. The van der Waals surface area contributed by atoms with Crippen molar-refractivity contribution < 1.29 is 20.1 Å². The van der Waals surface area contributed by atoms with Gasteiger partial charge in [-0.25, -0.2) is 15.0 Å². The van der Waals surface area contributed by atoms with Gasteiger partial charge in [-0.05, 0) is 19.9 Å². The van der Waals surface area contributed by atoms with Crippen LogP contribution in [0.1, 0.15) is 25.8 Å². The Morgan fingerprint density at radius 2 is 1.96 bits per heavy atom. The molecule has 0 spiro atoms. The topological polar surface area (TPSA) is 117 Å². The first-order chi connectivity index (χ1) is 12.1. The summed E-state index contributed by atoms with van der Waals surface area (Å²) in [6.07, 6.45) is 2.67. The lowest BCUT2D eigenvalue weighted by atomic mass is 10.1. The zero-order valence-electron chi connectivity index (χ0n) is 14.2. The lowest BCUT2D eigenvalue weighted by Crippen LogP contribution is -2.33. The summed E-state index contributed by atoms with van der Waals surface area (Å²) in [6, 6.07) is 0. The van der Waals surface area contributed by atoms with Gasteiger partial charge in [-0.3, -0.25) is 4.57 Å². The molecule has 3 N–H and O–H groups in total. The molecular weight excluding hydrogens is 326 g/mol. The third-order valence-corrected chi connectivity index (χ3v) is 4.43. The number of aliphatic hydroxyl groups excluding tert-OH is 3. The van der Waals surface area contributed by atoms with Crippen molar-refractivity contribution in [1.29, 1.82) is 0 Å². The minimum absolute atomic E-state index is 0.381. The van der Waals surface area contributed by atoms with Crippen LogP contribution >= 0.6 is 0 Å². The maximum Gasteiger partial charge on any atom is 0.166 e. The molecule has 0 bridgehead atoms. The number of aromatic nitrogens is 4. The van der Waals surface area contributed by atoms with E-state index in [0.29, 0.717) is 16.9 Å². The molecule has 0 aliphatic carbocycles. The predicted octanol–water partition coefficient (Wildman–Crippen LogP) is -0.250. The third kappa shape index (κ3) is 3.23. The van der Waals surface area contributed by atoms with E-state index >= 15 is 0 Å². The molecule has 0 saturated carbocycles. The fraction of sp³-hybridized carbons (Fsp3) is 0.562. The Morgan fingerprint density at radius 3 is 2.60 bits per heavy atom. The van der Waals surface area contributed by atoms with Gasteiger partial charge in [-0.15, -0.1) is 0 Å². The molecule has 0 radical (unpaired) electrons. The van der Waals surface area contributed by atoms with E-state index < -0.39 is 24.5 Å². The fourth-order valence-electron chi connectivity index (χ4n) is 2.90. The third-order valence-electron chi connectivity index (χ3n) is 4.43. The largest absolute Gasteiger partial charge is 0.394 e. The van der Waals surface area contributed by atoms with Crippen molar-refractivity contribution >= 4 is 17.2 Å². The van der Waals surface area contributed by atoms with E-state index in [9.17, 15) is 15.3 Å². The lowest BCUT2D eigenvalue weighted by molar-refractivity contribution is -0.0511. The highest BCUT2D eigenvalue weighted by Crippen LogP contribution is 2.31. The molecule has 9 heteroatoms. The Bertz CT molecular complexity index is 745. The Hall–Kier alpha value is -2.07. The van der Waals surface area contributed by atoms with Crippen LogP contribution in [0, 0.1) is 0 Å². The van der Waals surface area contributed by atoms with Gasteiger partial charge in [0.15, 0.2) is 11.9 Å². The molecule has 0 unspecified atom stereocenters. The molecule has 3 rings (SSSR count). The zero-order chi connectivity index (χ0) is 18.0. The Kier molecular flexibility index (Phi) is 5.28. The Morgan fingerprint density at radius 1 is 1.20 bits per heavy atom. The van der Waals surface area contributed by atoms with Gasteiger partial charge in [0, 0.05) is 19.3 Å². The van der Waals surface area contributed by atoms with Crippen LogP contribution in [0.3, 0.4) is 0 Å². The van der Waals surface area contributed by atoms with Crippen LogP contribution in [0.25, 0.3) is 17.2 Å². The number of hydrogen-bond acceptors (Lipinski definition) is 8. The van der Waals surface area contributed by atoms with Crippen molar-refractivity contribution in [3.05, 3.63) is 24.5 Å². The second-order valence-electron chi connectivity index (χ2n) is 5.85. The maximum absolute atomic E-state index is 10.2. The van der Waals surface area contributed by atoms with Crippen LogP contribution in [0.15, 0.2) is 18.9 Å². The van der Waals surface area contributed by atoms with Gasteiger partial charge in [0.05, 0.1) is 18.6 Å². The van der Waals surface area contributed by atoms with E-state index in [1.165, 1.54) is 12.7 Å². The minimum atomic E-state index is -1.18. The van der Waals surface area contributed by atoms with E-state index in [1.54, 1.807) is 4.57 Å². The quantitative estimate of drug-likeness (QED) is 0.654. The molecule has 4 atom stereocenters. The SMILES string of the molecule is CCN(/C=C/c1ncnc2c1ncn2[C@@H]1O[C@H](CO)[C@@H](O)[C@H]1O)CC.